The van der Waals surface area contributed by atoms with Crippen molar-refractivity contribution in [2.24, 2.45) is 5.73 Å². The van der Waals surface area contributed by atoms with Gasteiger partial charge in [0, 0.05) is 23.5 Å². The van der Waals surface area contributed by atoms with Crippen molar-refractivity contribution in [3.05, 3.63) is 71.9 Å². The summed E-state index contributed by atoms with van der Waals surface area (Å²) in [5, 5.41) is 3.30. The molecule has 0 saturated carbocycles. The third-order valence-electron chi connectivity index (χ3n) is 4.56. The molecule has 0 aliphatic carbocycles. The smallest absolute Gasteiger partial charge is 0.408 e. The van der Waals surface area contributed by atoms with Gasteiger partial charge < -0.3 is 25.5 Å². The molecule has 0 fully saturated rings. The lowest BCUT2D eigenvalue weighted by Gasteiger charge is -2.18. The predicted octanol–water partition coefficient (Wildman–Crippen LogP) is 2.42. The topological polar surface area (TPSA) is 124 Å². The maximum Gasteiger partial charge on any atom is 0.408 e. The third-order valence-corrected chi connectivity index (χ3v) is 4.56. The van der Waals surface area contributed by atoms with Crippen LogP contribution in [-0.2, 0) is 32.1 Å². The summed E-state index contributed by atoms with van der Waals surface area (Å²) < 4.78 is 10.3. The molecule has 2 atom stereocenters. The van der Waals surface area contributed by atoms with E-state index in [1.807, 2.05) is 54.6 Å². The highest BCUT2D eigenvalue weighted by atomic mass is 16.6. The van der Waals surface area contributed by atoms with Crippen LogP contribution in [0.5, 0.6) is 0 Å². The van der Waals surface area contributed by atoms with E-state index in [4.69, 9.17) is 15.2 Å². The van der Waals surface area contributed by atoms with Gasteiger partial charge in [-0.3, -0.25) is 4.79 Å². The van der Waals surface area contributed by atoms with Gasteiger partial charge in [-0.15, -0.1) is 0 Å². The molecule has 0 spiro atoms. The molecule has 8 nitrogen and oxygen atoms in total. The van der Waals surface area contributed by atoms with Crippen LogP contribution in [0.3, 0.4) is 0 Å². The van der Waals surface area contributed by atoms with Crippen LogP contribution in [0.2, 0.25) is 0 Å². The van der Waals surface area contributed by atoms with Crippen molar-refractivity contribution >= 4 is 28.9 Å². The van der Waals surface area contributed by atoms with Gasteiger partial charge in [-0.25, -0.2) is 9.59 Å². The minimum atomic E-state index is -1.17. The SMILES string of the molecule is C[C@H](NC(=O)OCc1ccccc1)C(=O)O[C@@H](Cc1c[nH]c2ccccc12)C(N)=O. The van der Waals surface area contributed by atoms with Crippen LogP contribution < -0.4 is 11.1 Å². The largest absolute Gasteiger partial charge is 0.450 e. The lowest BCUT2D eigenvalue weighted by Crippen LogP contribution is -2.44. The summed E-state index contributed by atoms with van der Waals surface area (Å²) >= 11 is 0. The molecule has 0 bridgehead atoms. The second-order valence-corrected chi connectivity index (χ2v) is 6.82. The number of H-pyrrole nitrogens is 1. The lowest BCUT2D eigenvalue weighted by atomic mass is 10.1. The highest BCUT2D eigenvalue weighted by Gasteiger charge is 2.26. The third kappa shape index (κ3) is 5.38. The zero-order chi connectivity index (χ0) is 21.5. The van der Waals surface area contributed by atoms with Crippen LogP contribution in [0.4, 0.5) is 4.79 Å². The number of benzene rings is 2. The quantitative estimate of drug-likeness (QED) is 0.493. The number of hydrogen-bond donors (Lipinski definition) is 3. The number of carbonyl (C=O) groups excluding carboxylic acids is 3. The van der Waals surface area contributed by atoms with Crippen molar-refractivity contribution in [1.82, 2.24) is 10.3 Å². The van der Waals surface area contributed by atoms with Crippen molar-refractivity contribution in [3.63, 3.8) is 0 Å². The molecule has 3 rings (SSSR count). The summed E-state index contributed by atoms with van der Waals surface area (Å²) in [6.45, 7) is 1.51. The van der Waals surface area contributed by atoms with Crippen molar-refractivity contribution in [1.29, 1.82) is 0 Å². The Morgan fingerprint density at radius 3 is 2.50 bits per heavy atom. The summed E-state index contributed by atoms with van der Waals surface area (Å²) in [5.74, 6) is -1.55. The minimum absolute atomic E-state index is 0.0684. The number of fused-ring (bicyclic) bond motifs is 1. The van der Waals surface area contributed by atoms with Gasteiger partial charge in [0.25, 0.3) is 5.91 Å². The fraction of sp³-hybridized carbons (Fsp3) is 0.227. The maximum atomic E-state index is 12.4. The number of aromatic nitrogens is 1. The number of primary amides is 1. The average molecular weight is 409 g/mol. The van der Waals surface area contributed by atoms with Gasteiger partial charge in [-0.05, 0) is 24.1 Å². The fourth-order valence-corrected chi connectivity index (χ4v) is 2.94. The van der Waals surface area contributed by atoms with Gasteiger partial charge in [0.15, 0.2) is 6.10 Å². The van der Waals surface area contributed by atoms with Crippen LogP contribution >= 0.6 is 0 Å². The van der Waals surface area contributed by atoms with Crippen LogP contribution in [-0.4, -0.2) is 35.1 Å². The van der Waals surface area contributed by atoms with Gasteiger partial charge in [-0.2, -0.15) is 0 Å². The van der Waals surface area contributed by atoms with E-state index in [1.165, 1.54) is 6.92 Å². The monoisotopic (exact) mass is 409 g/mol. The second-order valence-electron chi connectivity index (χ2n) is 6.82. The molecule has 0 saturated heterocycles. The summed E-state index contributed by atoms with van der Waals surface area (Å²) in [6.07, 6.45) is -0.0651. The van der Waals surface area contributed by atoms with E-state index in [0.29, 0.717) is 0 Å². The highest BCUT2D eigenvalue weighted by molar-refractivity contribution is 5.87. The number of amides is 2. The molecule has 3 aromatic rings. The average Bonchev–Trinajstić information content (AvgIpc) is 3.15. The van der Waals surface area contributed by atoms with Crippen LogP contribution in [0.15, 0.2) is 60.8 Å². The van der Waals surface area contributed by atoms with Gasteiger partial charge in [-0.1, -0.05) is 48.5 Å². The van der Waals surface area contributed by atoms with Gasteiger partial charge in [0.2, 0.25) is 0 Å². The first-order valence-electron chi connectivity index (χ1n) is 9.46. The number of esters is 1. The van der Waals surface area contributed by atoms with Crippen LogP contribution in [0, 0.1) is 0 Å². The number of para-hydroxylation sites is 1. The number of ether oxygens (including phenoxy) is 2. The Hall–Kier alpha value is -3.81. The summed E-state index contributed by atoms with van der Waals surface area (Å²) in [7, 11) is 0. The standard InChI is InChI=1S/C22H23N3O5/c1-14(25-22(28)29-13-15-7-3-2-4-8-15)21(27)30-19(20(23)26)11-16-12-24-18-10-6-5-9-17(16)18/h2-10,12,14,19,24H,11,13H2,1H3,(H2,23,26)(H,25,28)/t14-,19-/m0/s1. The number of rotatable bonds is 8. The van der Waals surface area contributed by atoms with E-state index in [0.717, 1.165) is 22.0 Å². The van der Waals surface area contributed by atoms with Crippen LogP contribution in [0.1, 0.15) is 18.1 Å². The number of nitrogens with one attached hydrogen (secondary N) is 2. The molecule has 30 heavy (non-hydrogen) atoms. The van der Waals surface area contributed by atoms with Gasteiger partial charge in [0.05, 0.1) is 0 Å². The van der Waals surface area contributed by atoms with E-state index >= 15 is 0 Å². The Morgan fingerprint density at radius 1 is 1.07 bits per heavy atom. The Bertz CT molecular complexity index is 1030. The fourth-order valence-electron chi connectivity index (χ4n) is 2.94. The molecule has 2 aromatic carbocycles. The van der Waals surface area contributed by atoms with E-state index in [1.54, 1.807) is 6.20 Å². The molecule has 1 heterocycles. The Labute approximate surface area is 173 Å². The first-order chi connectivity index (χ1) is 14.4. The number of aromatic amines is 1. The van der Waals surface area contributed by atoms with Crippen LogP contribution in [0.25, 0.3) is 10.9 Å². The highest BCUT2D eigenvalue weighted by Crippen LogP contribution is 2.20. The molecule has 4 N–H and O–H groups in total. The van der Waals surface area contributed by atoms with Crippen molar-refractivity contribution in [2.45, 2.75) is 32.1 Å². The summed E-state index contributed by atoms with van der Waals surface area (Å²) in [5.41, 5.74) is 7.93. The molecule has 2 amide bonds. The molecule has 0 aliphatic heterocycles. The first kappa shape index (κ1) is 20.9. The molecule has 8 heteroatoms. The lowest BCUT2D eigenvalue weighted by molar-refractivity contribution is -0.156. The summed E-state index contributed by atoms with van der Waals surface area (Å²) in [4.78, 5) is 39.2. The Balaban J connectivity index is 1.55. The van der Waals surface area contributed by atoms with E-state index in [2.05, 4.69) is 10.3 Å². The van der Waals surface area contributed by atoms with E-state index in [9.17, 15) is 14.4 Å². The molecule has 0 unspecified atom stereocenters. The zero-order valence-electron chi connectivity index (χ0n) is 16.5. The van der Waals surface area contributed by atoms with Gasteiger partial charge in [0.1, 0.15) is 12.6 Å². The molecular formula is C22H23N3O5. The van der Waals surface area contributed by atoms with E-state index < -0.39 is 30.1 Å². The number of nitrogens with two attached hydrogens (primary N) is 1. The normalized spacial score (nSPS) is 12.7. The van der Waals surface area contributed by atoms with Crippen molar-refractivity contribution < 1.29 is 23.9 Å². The number of carbonyl (C=O) groups is 3. The Kier molecular flexibility index (Phi) is 6.69. The van der Waals surface area contributed by atoms with Gasteiger partial charge >= 0.3 is 12.1 Å². The minimum Gasteiger partial charge on any atom is -0.450 e. The predicted molar refractivity (Wildman–Crippen MR) is 110 cm³/mol. The number of alkyl carbamates (subject to hydrolysis) is 1. The first-order valence-corrected chi connectivity index (χ1v) is 9.46. The molecule has 156 valence electrons. The summed E-state index contributed by atoms with van der Waals surface area (Å²) in [6, 6.07) is 15.7. The molecule has 1 aromatic heterocycles. The molecular weight excluding hydrogens is 386 g/mol. The maximum absolute atomic E-state index is 12.4. The van der Waals surface area contributed by atoms with Crippen molar-refractivity contribution in [2.75, 3.05) is 0 Å². The van der Waals surface area contributed by atoms with Crippen molar-refractivity contribution in [3.8, 4) is 0 Å². The number of hydrogen-bond acceptors (Lipinski definition) is 5. The zero-order valence-corrected chi connectivity index (χ0v) is 16.5. The Morgan fingerprint density at radius 2 is 1.77 bits per heavy atom. The van der Waals surface area contributed by atoms with E-state index in [-0.39, 0.29) is 13.0 Å². The second kappa shape index (κ2) is 9.60. The molecule has 0 radical (unpaired) electrons. The molecule has 0 aliphatic rings.